The third-order valence-corrected chi connectivity index (χ3v) is 5.18. The van der Waals surface area contributed by atoms with E-state index >= 15 is 0 Å². The maximum Gasteiger partial charge on any atom is 0.240 e. The molecular formula is C19H29N7O2. The van der Waals surface area contributed by atoms with Crippen molar-refractivity contribution in [3.63, 3.8) is 0 Å². The highest BCUT2D eigenvalue weighted by Crippen LogP contribution is 2.20. The van der Waals surface area contributed by atoms with E-state index < -0.39 is 0 Å². The van der Waals surface area contributed by atoms with Gasteiger partial charge in [0.1, 0.15) is 5.82 Å². The first kappa shape index (κ1) is 19.1. The van der Waals surface area contributed by atoms with Crippen molar-refractivity contribution in [3.8, 4) is 0 Å². The topological polar surface area (TPSA) is 83.7 Å². The number of anilines is 2. The number of morpholine rings is 1. The summed E-state index contributed by atoms with van der Waals surface area (Å²) in [6.07, 6.45) is 0. The fourth-order valence-corrected chi connectivity index (χ4v) is 3.50. The highest BCUT2D eigenvalue weighted by molar-refractivity contribution is 5.46. The first-order valence-corrected chi connectivity index (χ1v) is 10.1. The van der Waals surface area contributed by atoms with Crippen molar-refractivity contribution in [2.75, 3.05) is 62.3 Å². The average molecular weight is 387 g/mol. The van der Waals surface area contributed by atoms with Gasteiger partial charge in [0.15, 0.2) is 5.82 Å². The molecule has 4 heterocycles. The summed E-state index contributed by atoms with van der Waals surface area (Å²) < 4.78 is 10.8. The van der Waals surface area contributed by atoms with E-state index in [-0.39, 0.29) is 5.92 Å². The van der Waals surface area contributed by atoms with Crippen LogP contribution in [0, 0.1) is 6.92 Å². The van der Waals surface area contributed by atoms with Crippen molar-refractivity contribution < 1.29 is 9.26 Å². The van der Waals surface area contributed by atoms with E-state index in [2.05, 4.69) is 49.7 Å². The van der Waals surface area contributed by atoms with Gasteiger partial charge in [0.05, 0.1) is 19.8 Å². The van der Waals surface area contributed by atoms with Crippen LogP contribution < -0.4 is 9.80 Å². The zero-order valence-corrected chi connectivity index (χ0v) is 17.0. The third-order valence-electron chi connectivity index (χ3n) is 5.18. The minimum atomic E-state index is 0.286. The minimum Gasteiger partial charge on any atom is -0.378 e. The largest absolute Gasteiger partial charge is 0.378 e. The summed E-state index contributed by atoms with van der Waals surface area (Å²) in [5, 5.41) is 4.05. The molecule has 0 bridgehead atoms. The Hall–Kier alpha value is -2.26. The van der Waals surface area contributed by atoms with Gasteiger partial charge in [-0.25, -0.2) is 4.98 Å². The number of piperazine rings is 1. The Morgan fingerprint density at radius 3 is 2.39 bits per heavy atom. The normalized spacial score (nSPS) is 18.9. The summed E-state index contributed by atoms with van der Waals surface area (Å²) >= 11 is 0. The van der Waals surface area contributed by atoms with Crippen molar-refractivity contribution in [1.82, 2.24) is 25.0 Å². The molecule has 2 aliphatic heterocycles. The monoisotopic (exact) mass is 387 g/mol. The molecule has 0 amide bonds. The molecular weight excluding hydrogens is 358 g/mol. The molecule has 4 rings (SSSR count). The molecule has 9 heteroatoms. The van der Waals surface area contributed by atoms with Gasteiger partial charge in [-0.1, -0.05) is 19.0 Å². The molecule has 0 radical (unpaired) electrons. The van der Waals surface area contributed by atoms with Crippen molar-refractivity contribution in [1.29, 1.82) is 0 Å². The number of hydrogen-bond donors (Lipinski definition) is 0. The lowest BCUT2D eigenvalue weighted by molar-refractivity contribution is 0.122. The van der Waals surface area contributed by atoms with Gasteiger partial charge in [-0.15, -0.1) is 0 Å². The van der Waals surface area contributed by atoms with Gasteiger partial charge < -0.3 is 19.1 Å². The lowest BCUT2D eigenvalue weighted by Gasteiger charge is -2.35. The molecule has 0 unspecified atom stereocenters. The Morgan fingerprint density at radius 2 is 1.71 bits per heavy atom. The minimum absolute atomic E-state index is 0.286. The highest BCUT2D eigenvalue weighted by Gasteiger charge is 2.23. The Kier molecular flexibility index (Phi) is 5.72. The van der Waals surface area contributed by atoms with Crippen molar-refractivity contribution in [2.24, 2.45) is 0 Å². The third kappa shape index (κ3) is 4.41. The molecule has 0 atom stereocenters. The van der Waals surface area contributed by atoms with Crippen molar-refractivity contribution in [3.05, 3.63) is 23.5 Å². The summed E-state index contributed by atoms with van der Waals surface area (Å²) in [7, 11) is 0. The molecule has 9 nitrogen and oxygen atoms in total. The molecule has 2 aromatic heterocycles. The first-order chi connectivity index (χ1) is 13.6. The summed E-state index contributed by atoms with van der Waals surface area (Å²) in [5.74, 6) is 3.57. The molecule has 0 aliphatic carbocycles. The number of hydrogen-bond acceptors (Lipinski definition) is 9. The van der Waals surface area contributed by atoms with Crippen LogP contribution in [0.1, 0.15) is 37.2 Å². The van der Waals surface area contributed by atoms with E-state index in [9.17, 15) is 0 Å². The van der Waals surface area contributed by atoms with E-state index in [1.807, 2.05) is 6.92 Å². The van der Waals surface area contributed by atoms with Crippen LogP contribution in [0.2, 0.25) is 0 Å². The second-order valence-corrected chi connectivity index (χ2v) is 7.73. The molecule has 152 valence electrons. The van der Waals surface area contributed by atoms with E-state index in [4.69, 9.17) is 14.2 Å². The highest BCUT2D eigenvalue weighted by atomic mass is 16.5. The number of ether oxygens (including phenoxy) is 1. The van der Waals surface area contributed by atoms with Crippen LogP contribution in [0.15, 0.2) is 10.6 Å². The van der Waals surface area contributed by atoms with Gasteiger partial charge in [0, 0.05) is 56.9 Å². The first-order valence-electron chi connectivity index (χ1n) is 10.1. The zero-order chi connectivity index (χ0) is 19.5. The Labute approximate surface area is 165 Å². The van der Waals surface area contributed by atoms with Gasteiger partial charge in [0.2, 0.25) is 11.8 Å². The van der Waals surface area contributed by atoms with Crippen LogP contribution in [-0.2, 0) is 11.3 Å². The maximum atomic E-state index is 5.45. The summed E-state index contributed by atoms with van der Waals surface area (Å²) in [6, 6.07) is 2.06. The Balaban J connectivity index is 1.37. The van der Waals surface area contributed by atoms with E-state index in [0.29, 0.717) is 12.4 Å². The molecule has 28 heavy (non-hydrogen) atoms. The van der Waals surface area contributed by atoms with Crippen LogP contribution in [-0.4, -0.2) is 77.5 Å². The van der Waals surface area contributed by atoms with E-state index in [0.717, 1.165) is 75.8 Å². The van der Waals surface area contributed by atoms with E-state index in [1.54, 1.807) is 0 Å². The molecule has 0 aromatic carbocycles. The summed E-state index contributed by atoms with van der Waals surface area (Å²) in [4.78, 5) is 20.9. The molecule has 0 N–H and O–H groups in total. The van der Waals surface area contributed by atoms with Crippen LogP contribution in [0.5, 0.6) is 0 Å². The lowest BCUT2D eigenvalue weighted by atomic mass is 10.2. The molecule has 2 aromatic rings. The zero-order valence-electron chi connectivity index (χ0n) is 17.0. The predicted octanol–water partition coefficient (Wildman–Crippen LogP) is 1.45. The van der Waals surface area contributed by atoms with Crippen LogP contribution in [0.25, 0.3) is 0 Å². The fraction of sp³-hybridized carbons (Fsp3) is 0.684. The SMILES string of the molecule is Cc1cc(N2CCOCC2)nc(N2CCN(Cc3nc(C(C)C)no3)CC2)n1. The fourth-order valence-electron chi connectivity index (χ4n) is 3.50. The average Bonchev–Trinajstić information content (AvgIpc) is 3.18. The van der Waals surface area contributed by atoms with Crippen molar-refractivity contribution >= 4 is 11.8 Å². The van der Waals surface area contributed by atoms with Gasteiger partial charge in [-0.2, -0.15) is 9.97 Å². The van der Waals surface area contributed by atoms with Gasteiger partial charge in [-0.05, 0) is 6.92 Å². The van der Waals surface area contributed by atoms with Gasteiger partial charge in [-0.3, -0.25) is 4.90 Å². The molecule has 2 fully saturated rings. The predicted molar refractivity (Wildman–Crippen MR) is 106 cm³/mol. The lowest BCUT2D eigenvalue weighted by Crippen LogP contribution is -2.46. The second kappa shape index (κ2) is 8.40. The molecule has 0 saturated carbocycles. The molecule has 2 aliphatic rings. The number of aromatic nitrogens is 4. The number of nitrogens with zero attached hydrogens (tertiary/aromatic N) is 7. The van der Waals surface area contributed by atoms with Crippen LogP contribution >= 0.6 is 0 Å². The van der Waals surface area contributed by atoms with Crippen LogP contribution in [0.3, 0.4) is 0 Å². The summed E-state index contributed by atoms with van der Waals surface area (Å²) in [5.41, 5.74) is 1.00. The van der Waals surface area contributed by atoms with E-state index in [1.165, 1.54) is 0 Å². The second-order valence-electron chi connectivity index (χ2n) is 7.73. The Bertz CT molecular complexity index is 780. The number of aryl methyl sites for hydroxylation is 1. The van der Waals surface area contributed by atoms with Crippen molar-refractivity contribution in [2.45, 2.75) is 33.2 Å². The smallest absolute Gasteiger partial charge is 0.240 e. The number of rotatable bonds is 5. The molecule has 0 spiro atoms. The molecule has 2 saturated heterocycles. The Morgan fingerprint density at radius 1 is 0.964 bits per heavy atom. The quantitative estimate of drug-likeness (QED) is 0.757. The van der Waals surface area contributed by atoms with Gasteiger partial charge >= 0.3 is 0 Å². The maximum absolute atomic E-state index is 5.45. The standard InChI is InChI=1S/C19H29N7O2/c1-14(2)18-22-17(28-23-18)13-24-4-6-26(7-5-24)19-20-15(3)12-16(21-19)25-8-10-27-11-9-25/h12,14H,4-11,13H2,1-3H3. The van der Waals surface area contributed by atoms with Crippen LogP contribution in [0.4, 0.5) is 11.8 Å². The summed E-state index contributed by atoms with van der Waals surface area (Å²) in [6.45, 7) is 13.8. The van der Waals surface area contributed by atoms with Gasteiger partial charge in [0.25, 0.3) is 0 Å².